The van der Waals surface area contributed by atoms with E-state index >= 15 is 0 Å². The highest BCUT2D eigenvalue weighted by Crippen LogP contribution is 2.33. The minimum atomic E-state index is -3.96. The Balaban J connectivity index is 3.01. The summed E-state index contributed by atoms with van der Waals surface area (Å²) >= 11 is 3.26. The number of hydrogen-bond donors (Lipinski definition) is 2. The maximum atomic E-state index is 10.5. The van der Waals surface area contributed by atoms with E-state index in [2.05, 4.69) is 15.9 Å². The summed E-state index contributed by atoms with van der Waals surface area (Å²) in [6.45, 7) is 4.44. The lowest BCUT2D eigenvalue weighted by atomic mass is 10.7. The third-order valence-corrected chi connectivity index (χ3v) is 3.33. The molecule has 0 bridgehead atoms. The summed E-state index contributed by atoms with van der Waals surface area (Å²) in [6, 6.07) is 0. The molecule has 0 saturated carbocycles. The highest BCUT2D eigenvalue weighted by molar-refractivity contribution is 9.09. The van der Waals surface area contributed by atoms with Gasteiger partial charge in [0.25, 0.3) is 0 Å². The molecule has 0 saturated heterocycles. The van der Waals surface area contributed by atoms with Gasteiger partial charge in [-0.25, -0.2) is 0 Å². The Morgan fingerprint density at radius 2 is 0.955 bits per heavy atom. The molecule has 0 amide bonds. The molecule has 0 radical (unpaired) electrons. The number of alkyl halides is 1. The average molecular weight is 409 g/mol. The molecule has 134 valence electrons. The Morgan fingerprint density at radius 1 is 0.636 bits per heavy atom. The number of rotatable bonds is 17. The Morgan fingerprint density at radius 3 is 1.27 bits per heavy atom. The van der Waals surface area contributed by atoms with Crippen LogP contribution in [-0.4, -0.2) is 87.3 Å². The van der Waals surface area contributed by atoms with Crippen molar-refractivity contribution in [2.45, 2.75) is 0 Å². The molecule has 0 spiro atoms. The predicted molar refractivity (Wildman–Crippen MR) is 84.8 cm³/mol. The van der Waals surface area contributed by atoms with Crippen LogP contribution in [0.25, 0.3) is 0 Å². The molecule has 10 heteroatoms. The fourth-order valence-corrected chi connectivity index (χ4v) is 1.82. The van der Waals surface area contributed by atoms with Crippen LogP contribution in [0.5, 0.6) is 0 Å². The minimum Gasteiger partial charge on any atom is -0.378 e. The van der Waals surface area contributed by atoms with Gasteiger partial charge in [-0.2, -0.15) is 0 Å². The van der Waals surface area contributed by atoms with Crippen LogP contribution in [-0.2, 0) is 28.2 Å². The second kappa shape index (κ2) is 16.3. The van der Waals surface area contributed by atoms with E-state index in [1.807, 2.05) is 0 Å². The Labute approximate surface area is 139 Å². The van der Waals surface area contributed by atoms with Crippen molar-refractivity contribution in [1.82, 2.24) is 0 Å². The van der Waals surface area contributed by atoms with Crippen molar-refractivity contribution in [3.05, 3.63) is 0 Å². The van der Waals surface area contributed by atoms with Crippen LogP contribution in [0.4, 0.5) is 0 Å². The Hall–Kier alpha value is 0.430. The molecule has 0 aliphatic rings. The minimum absolute atomic E-state index is 0.0286. The maximum Gasteiger partial charge on any atom is 0.327 e. The average Bonchev–Trinajstić information content (AvgIpc) is 2.45. The fraction of sp³-hybridized carbons (Fsp3) is 1.00. The summed E-state index contributed by atoms with van der Waals surface area (Å²) in [4.78, 5) is 17.2. The first-order valence-corrected chi connectivity index (χ1v) is 9.97. The zero-order valence-electron chi connectivity index (χ0n) is 12.7. The second-order valence-corrected chi connectivity index (χ2v) is 6.71. The molecule has 0 atom stereocenters. The lowest BCUT2D eigenvalue weighted by molar-refractivity contribution is -0.00916. The van der Waals surface area contributed by atoms with Crippen molar-refractivity contribution in [2.75, 3.05) is 77.6 Å². The van der Waals surface area contributed by atoms with E-state index < -0.39 is 7.60 Å². The van der Waals surface area contributed by atoms with Crippen molar-refractivity contribution < 1.29 is 38.0 Å². The molecule has 8 nitrogen and oxygen atoms in total. The van der Waals surface area contributed by atoms with E-state index in [0.717, 1.165) is 5.33 Å². The first-order chi connectivity index (χ1) is 10.6. The van der Waals surface area contributed by atoms with Crippen molar-refractivity contribution in [2.24, 2.45) is 0 Å². The summed E-state index contributed by atoms with van der Waals surface area (Å²) in [5.74, 6) is 0. The standard InChI is InChI=1S/C12H26BrO8P/c13-1-2-17-3-4-18-5-6-19-7-8-20-9-10-21-11-12-22(14,15)16/h1-12H2,(H2,14,15,16). The van der Waals surface area contributed by atoms with Gasteiger partial charge in [0, 0.05) is 5.33 Å². The van der Waals surface area contributed by atoms with Crippen LogP contribution in [0, 0.1) is 0 Å². The van der Waals surface area contributed by atoms with E-state index in [-0.39, 0.29) is 12.8 Å². The van der Waals surface area contributed by atoms with Gasteiger partial charge in [0.1, 0.15) is 0 Å². The molecule has 0 unspecified atom stereocenters. The van der Waals surface area contributed by atoms with Gasteiger partial charge in [-0.1, -0.05) is 15.9 Å². The van der Waals surface area contributed by atoms with Crippen LogP contribution in [0.2, 0.25) is 0 Å². The zero-order chi connectivity index (χ0) is 16.5. The SMILES string of the molecule is O=P(O)(O)CCOCCOCCOCCOCCOCCBr. The van der Waals surface area contributed by atoms with Crippen molar-refractivity contribution in [1.29, 1.82) is 0 Å². The van der Waals surface area contributed by atoms with Gasteiger partial charge >= 0.3 is 7.60 Å². The highest BCUT2D eigenvalue weighted by Gasteiger charge is 2.11. The third-order valence-electron chi connectivity index (χ3n) is 2.24. The van der Waals surface area contributed by atoms with Crippen molar-refractivity contribution in [3.8, 4) is 0 Å². The molecule has 22 heavy (non-hydrogen) atoms. The molecule has 0 fully saturated rings. The molecule has 0 aliphatic heterocycles. The molecule has 0 aromatic carbocycles. The molecule has 0 aromatic rings. The van der Waals surface area contributed by atoms with E-state index in [1.54, 1.807) is 0 Å². The molecule has 0 heterocycles. The zero-order valence-corrected chi connectivity index (χ0v) is 15.1. The molecular formula is C12H26BrO8P. The summed E-state index contributed by atoms with van der Waals surface area (Å²) in [7, 11) is -3.96. The molecule has 2 N–H and O–H groups in total. The smallest absolute Gasteiger partial charge is 0.327 e. The summed E-state index contributed by atoms with van der Waals surface area (Å²) < 4.78 is 36.6. The van der Waals surface area contributed by atoms with Crippen LogP contribution < -0.4 is 0 Å². The number of hydrogen-bond acceptors (Lipinski definition) is 6. The largest absolute Gasteiger partial charge is 0.378 e. The predicted octanol–water partition coefficient (Wildman–Crippen LogP) is 0.642. The first-order valence-electron chi connectivity index (χ1n) is 7.05. The van der Waals surface area contributed by atoms with Gasteiger partial charge in [0.15, 0.2) is 0 Å². The lowest BCUT2D eigenvalue weighted by Gasteiger charge is -2.08. The quantitative estimate of drug-likeness (QED) is 0.205. The molecule has 0 aromatic heterocycles. The van der Waals surface area contributed by atoms with Crippen molar-refractivity contribution in [3.63, 3.8) is 0 Å². The fourth-order valence-electron chi connectivity index (χ4n) is 1.22. The van der Waals surface area contributed by atoms with Gasteiger partial charge in [-0.05, 0) is 0 Å². The molecular weight excluding hydrogens is 383 g/mol. The third kappa shape index (κ3) is 20.4. The van der Waals surface area contributed by atoms with Crippen LogP contribution in [0.3, 0.4) is 0 Å². The highest BCUT2D eigenvalue weighted by atomic mass is 79.9. The van der Waals surface area contributed by atoms with Gasteiger partial charge in [-0.3, -0.25) is 4.57 Å². The Bertz CT molecular complexity index is 276. The normalized spacial score (nSPS) is 12.0. The van der Waals surface area contributed by atoms with E-state index in [4.69, 9.17) is 33.5 Å². The van der Waals surface area contributed by atoms with E-state index in [1.165, 1.54) is 0 Å². The first kappa shape index (κ1) is 22.4. The van der Waals surface area contributed by atoms with Crippen LogP contribution in [0.15, 0.2) is 0 Å². The van der Waals surface area contributed by atoms with E-state index in [0.29, 0.717) is 59.5 Å². The van der Waals surface area contributed by atoms with Gasteiger partial charge in [0.2, 0.25) is 0 Å². The molecule has 0 rings (SSSR count). The number of halogens is 1. The summed E-state index contributed by atoms with van der Waals surface area (Å²) in [6.07, 6.45) is -0.267. The Kier molecular flexibility index (Phi) is 16.6. The van der Waals surface area contributed by atoms with Crippen LogP contribution in [0.1, 0.15) is 0 Å². The van der Waals surface area contributed by atoms with Gasteiger partial charge in [-0.15, -0.1) is 0 Å². The summed E-state index contributed by atoms with van der Waals surface area (Å²) in [5, 5.41) is 0.824. The van der Waals surface area contributed by atoms with Gasteiger partial charge < -0.3 is 33.5 Å². The topological polar surface area (TPSA) is 104 Å². The maximum absolute atomic E-state index is 10.5. The van der Waals surface area contributed by atoms with Crippen molar-refractivity contribution >= 4 is 23.5 Å². The van der Waals surface area contributed by atoms with Gasteiger partial charge in [0.05, 0.1) is 72.2 Å². The van der Waals surface area contributed by atoms with Crippen LogP contribution >= 0.6 is 23.5 Å². The van der Waals surface area contributed by atoms with E-state index in [9.17, 15) is 4.57 Å². The monoisotopic (exact) mass is 408 g/mol. The molecule has 0 aliphatic carbocycles. The lowest BCUT2D eigenvalue weighted by Crippen LogP contribution is -2.13. The summed E-state index contributed by atoms with van der Waals surface area (Å²) in [5.41, 5.74) is 0. The second-order valence-electron chi connectivity index (χ2n) is 4.14. The number of ether oxygens (including phenoxy) is 5.